The van der Waals surface area contributed by atoms with Crippen LogP contribution >= 0.6 is 39.1 Å². The molecule has 64 valence electrons. The summed E-state index contributed by atoms with van der Waals surface area (Å²) in [7, 11) is 0. The van der Waals surface area contributed by atoms with Crippen molar-refractivity contribution in [3.63, 3.8) is 0 Å². The summed E-state index contributed by atoms with van der Waals surface area (Å²) in [6.07, 6.45) is 0. The van der Waals surface area contributed by atoms with Crippen LogP contribution in [0.3, 0.4) is 0 Å². The fraction of sp³-hybridized carbons (Fsp3) is 0. The Morgan fingerprint density at radius 2 is 2.17 bits per heavy atom. The maximum absolute atomic E-state index is 8.40. The maximum Gasteiger partial charge on any atom is 0.176 e. The van der Waals surface area contributed by atoms with Crippen molar-refractivity contribution in [3.8, 4) is 0 Å². The third kappa shape index (κ3) is 2.12. The summed E-state index contributed by atoms with van der Waals surface area (Å²) in [5.41, 5.74) is 0.562. The Balaban J connectivity index is 3.23. The molecule has 0 heterocycles. The van der Waals surface area contributed by atoms with Crippen molar-refractivity contribution in [3.05, 3.63) is 33.3 Å². The Kier molecular flexibility index (Phi) is 3.38. The summed E-state index contributed by atoms with van der Waals surface area (Å²) in [4.78, 5) is 0. The normalized spacial score (nSPS) is 11.8. The molecule has 2 nitrogen and oxygen atoms in total. The van der Waals surface area contributed by atoms with Gasteiger partial charge in [-0.2, -0.15) is 0 Å². The molecule has 0 amide bonds. The van der Waals surface area contributed by atoms with Gasteiger partial charge in [-0.3, -0.25) is 0 Å². The fourth-order valence-corrected chi connectivity index (χ4v) is 1.59. The summed E-state index contributed by atoms with van der Waals surface area (Å²) in [6.45, 7) is 0. The van der Waals surface area contributed by atoms with E-state index in [1.807, 2.05) is 0 Å². The number of halogens is 3. The second-order valence-electron chi connectivity index (χ2n) is 2.01. The molecule has 0 aliphatic heterocycles. The van der Waals surface area contributed by atoms with E-state index in [1.54, 1.807) is 18.2 Å². The highest BCUT2D eigenvalue weighted by molar-refractivity contribution is 9.10. The minimum atomic E-state index is 0.00405. The third-order valence-electron chi connectivity index (χ3n) is 1.24. The molecule has 1 aromatic rings. The van der Waals surface area contributed by atoms with Crippen molar-refractivity contribution in [2.45, 2.75) is 0 Å². The lowest BCUT2D eigenvalue weighted by Gasteiger charge is -2.00. The quantitative estimate of drug-likeness (QED) is 0.472. The molecule has 0 atom stereocenters. The monoisotopic (exact) mass is 267 g/mol. The molecule has 1 rings (SSSR count). The van der Waals surface area contributed by atoms with E-state index in [0.717, 1.165) is 4.47 Å². The van der Waals surface area contributed by atoms with Crippen molar-refractivity contribution < 1.29 is 5.21 Å². The van der Waals surface area contributed by atoms with E-state index in [4.69, 9.17) is 28.4 Å². The second kappa shape index (κ2) is 4.12. The van der Waals surface area contributed by atoms with E-state index in [1.165, 1.54) is 0 Å². The first kappa shape index (κ1) is 9.84. The molecule has 12 heavy (non-hydrogen) atoms. The van der Waals surface area contributed by atoms with Crippen LogP contribution in [0.5, 0.6) is 0 Å². The summed E-state index contributed by atoms with van der Waals surface area (Å²) < 4.78 is 0.731. The van der Waals surface area contributed by atoms with Gasteiger partial charge in [-0.1, -0.05) is 44.3 Å². The minimum Gasteiger partial charge on any atom is -0.410 e. The Morgan fingerprint density at radius 3 is 2.75 bits per heavy atom. The number of oxime groups is 1. The Morgan fingerprint density at radius 1 is 1.50 bits per heavy atom. The lowest BCUT2D eigenvalue weighted by atomic mass is 10.2. The maximum atomic E-state index is 8.40. The van der Waals surface area contributed by atoms with Crippen LogP contribution in [0.4, 0.5) is 0 Å². The van der Waals surface area contributed by atoms with E-state index in [0.29, 0.717) is 10.6 Å². The van der Waals surface area contributed by atoms with E-state index in [-0.39, 0.29) is 5.17 Å². The van der Waals surface area contributed by atoms with Gasteiger partial charge in [0.1, 0.15) is 0 Å². The predicted molar refractivity (Wildman–Crippen MR) is 53.3 cm³/mol. The largest absolute Gasteiger partial charge is 0.410 e. The van der Waals surface area contributed by atoms with Crippen LogP contribution in [0.1, 0.15) is 5.56 Å². The molecule has 0 unspecified atom stereocenters. The highest BCUT2D eigenvalue weighted by Crippen LogP contribution is 2.22. The smallest absolute Gasteiger partial charge is 0.176 e. The molecule has 0 bridgehead atoms. The third-order valence-corrected chi connectivity index (χ3v) is 2.44. The molecule has 0 aromatic heterocycles. The first-order valence-corrected chi connectivity index (χ1v) is 4.53. The van der Waals surface area contributed by atoms with Crippen molar-refractivity contribution in [2.75, 3.05) is 0 Å². The predicted octanol–water partition coefficient (Wildman–Crippen LogP) is 3.48. The molecule has 1 N–H and O–H groups in total. The van der Waals surface area contributed by atoms with Crippen LogP contribution in [-0.4, -0.2) is 10.4 Å². The van der Waals surface area contributed by atoms with Gasteiger partial charge in [-0.15, -0.1) is 0 Å². The minimum absolute atomic E-state index is 0.00405. The van der Waals surface area contributed by atoms with Gasteiger partial charge in [0, 0.05) is 15.1 Å². The van der Waals surface area contributed by atoms with E-state index in [2.05, 4.69) is 21.1 Å². The molecular weight excluding hydrogens is 265 g/mol. The number of rotatable bonds is 1. The number of hydrogen-bond donors (Lipinski definition) is 1. The van der Waals surface area contributed by atoms with Gasteiger partial charge in [0.05, 0.1) is 0 Å². The number of nitrogens with zero attached hydrogens (tertiary/aromatic N) is 1. The molecule has 1 aromatic carbocycles. The molecule has 0 radical (unpaired) electrons. The van der Waals surface area contributed by atoms with Gasteiger partial charge in [0.25, 0.3) is 0 Å². The lowest BCUT2D eigenvalue weighted by molar-refractivity contribution is 0.321. The van der Waals surface area contributed by atoms with Gasteiger partial charge in [-0.25, -0.2) is 0 Å². The highest BCUT2D eigenvalue weighted by Gasteiger charge is 2.05. The summed E-state index contributed by atoms with van der Waals surface area (Å²) in [5.74, 6) is 0. The van der Waals surface area contributed by atoms with Gasteiger partial charge in [0.2, 0.25) is 0 Å². The standard InChI is InChI=1S/C7H4BrCl2NO/c8-6-2-1-4(9)3-5(6)7(10)11-12/h1-3,12H/b11-7+. The van der Waals surface area contributed by atoms with Crippen LogP contribution < -0.4 is 0 Å². The van der Waals surface area contributed by atoms with Crippen molar-refractivity contribution in [1.29, 1.82) is 0 Å². The highest BCUT2D eigenvalue weighted by atomic mass is 79.9. The number of benzene rings is 1. The summed E-state index contributed by atoms with van der Waals surface area (Å²) >= 11 is 14.5. The molecule has 0 aliphatic carbocycles. The van der Waals surface area contributed by atoms with Gasteiger partial charge in [-0.05, 0) is 18.2 Å². The second-order valence-corrected chi connectivity index (χ2v) is 3.66. The van der Waals surface area contributed by atoms with Crippen LogP contribution in [0, 0.1) is 0 Å². The Labute approximate surface area is 87.9 Å². The zero-order valence-corrected chi connectivity index (χ0v) is 8.86. The zero-order valence-electron chi connectivity index (χ0n) is 5.76. The average molecular weight is 269 g/mol. The van der Waals surface area contributed by atoms with E-state index < -0.39 is 0 Å². The Hall–Kier alpha value is -0.250. The summed E-state index contributed by atoms with van der Waals surface area (Å²) in [5, 5.41) is 11.8. The lowest BCUT2D eigenvalue weighted by Crippen LogP contribution is -1.92. The zero-order chi connectivity index (χ0) is 9.14. The molecule has 0 saturated heterocycles. The van der Waals surface area contributed by atoms with Crippen LogP contribution in [-0.2, 0) is 0 Å². The number of hydrogen-bond acceptors (Lipinski definition) is 2. The summed E-state index contributed by atoms with van der Waals surface area (Å²) in [6, 6.07) is 5.04. The van der Waals surface area contributed by atoms with Crippen molar-refractivity contribution in [2.24, 2.45) is 5.16 Å². The molecule has 0 fully saturated rings. The van der Waals surface area contributed by atoms with Crippen molar-refractivity contribution in [1.82, 2.24) is 0 Å². The molecule has 0 aliphatic rings. The molecule has 5 heteroatoms. The molecular formula is C7H4BrCl2NO. The van der Waals surface area contributed by atoms with Gasteiger partial charge >= 0.3 is 0 Å². The first-order chi connectivity index (χ1) is 5.65. The molecule has 0 spiro atoms. The van der Waals surface area contributed by atoms with Crippen LogP contribution in [0.15, 0.2) is 27.8 Å². The van der Waals surface area contributed by atoms with E-state index >= 15 is 0 Å². The first-order valence-electron chi connectivity index (χ1n) is 2.98. The van der Waals surface area contributed by atoms with Crippen LogP contribution in [0.2, 0.25) is 5.02 Å². The van der Waals surface area contributed by atoms with Crippen LogP contribution in [0.25, 0.3) is 0 Å². The SMILES string of the molecule is O/N=C(/Cl)c1cc(Cl)ccc1Br. The topological polar surface area (TPSA) is 32.6 Å². The molecule has 0 saturated carbocycles. The van der Waals surface area contributed by atoms with Crippen molar-refractivity contribution >= 4 is 44.3 Å². The fourth-order valence-electron chi connectivity index (χ4n) is 0.709. The Bertz CT molecular complexity index is 327. The van der Waals surface area contributed by atoms with Gasteiger partial charge in [0.15, 0.2) is 5.17 Å². The average Bonchev–Trinajstić information content (AvgIpc) is 2.08. The van der Waals surface area contributed by atoms with E-state index in [9.17, 15) is 0 Å². The van der Waals surface area contributed by atoms with Gasteiger partial charge < -0.3 is 5.21 Å².